The van der Waals surface area contributed by atoms with Crippen molar-refractivity contribution in [2.45, 2.75) is 44.9 Å². The topological polar surface area (TPSA) is 57.1 Å². The molecule has 2 heterocycles. The minimum Gasteiger partial charge on any atom is -0.396 e. The number of ether oxygens (including phenoxy) is 1. The molecule has 3 aliphatic rings. The van der Waals surface area contributed by atoms with E-state index in [9.17, 15) is 5.11 Å². The van der Waals surface area contributed by atoms with Gasteiger partial charge in [-0.15, -0.1) is 24.0 Å². The van der Waals surface area contributed by atoms with Crippen LogP contribution in [-0.2, 0) is 4.74 Å². The summed E-state index contributed by atoms with van der Waals surface area (Å²) >= 11 is 0. The Morgan fingerprint density at radius 1 is 1.26 bits per heavy atom. The zero-order chi connectivity index (χ0) is 15.5. The molecular weight excluding hydrogens is 405 g/mol. The van der Waals surface area contributed by atoms with Gasteiger partial charge in [-0.25, -0.2) is 0 Å². The van der Waals surface area contributed by atoms with Gasteiger partial charge >= 0.3 is 0 Å². The maximum absolute atomic E-state index is 9.38. The van der Waals surface area contributed by atoms with E-state index in [1.165, 1.54) is 38.5 Å². The van der Waals surface area contributed by atoms with Crippen molar-refractivity contribution >= 4 is 29.9 Å². The van der Waals surface area contributed by atoms with E-state index < -0.39 is 0 Å². The van der Waals surface area contributed by atoms with Crippen LogP contribution in [0.2, 0.25) is 0 Å². The molecule has 1 saturated carbocycles. The number of aliphatic imine (C=N–C) groups is 1. The SMILES string of the molecule is CN=C(NCC1(CCO)CCCC1)N1CCC2(CCOC2)C1.I. The number of aliphatic hydroxyl groups is 1. The average Bonchev–Trinajstić information content (AvgIpc) is 3.25. The van der Waals surface area contributed by atoms with Crippen molar-refractivity contribution in [2.75, 3.05) is 46.5 Å². The van der Waals surface area contributed by atoms with Gasteiger partial charge in [0.1, 0.15) is 0 Å². The van der Waals surface area contributed by atoms with Crippen LogP contribution in [0.3, 0.4) is 0 Å². The molecule has 0 aromatic carbocycles. The van der Waals surface area contributed by atoms with E-state index in [1.807, 2.05) is 7.05 Å². The van der Waals surface area contributed by atoms with Crippen LogP contribution in [0.5, 0.6) is 0 Å². The molecule has 1 unspecified atom stereocenters. The standard InChI is InChI=1S/C17H31N3O2.HI/c1-18-15(19-12-16(7-10-21)4-2-3-5-16)20-9-6-17(13-20)8-11-22-14-17;/h21H,2-14H2,1H3,(H,18,19);1H. The lowest BCUT2D eigenvalue weighted by Gasteiger charge is -2.31. The highest BCUT2D eigenvalue weighted by Crippen LogP contribution is 2.41. The second kappa shape index (κ2) is 8.34. The fourth-order valence-electron chi connectivity index (χ4n) is 4.56. The number of aliphatic hydroxyl groups excluding tert-OH is 1. The van der Waals surface area contributed by atoms with Crippen LogP contribution in [-0.4, -0.2) is 62.5 Å². The molecule has 0 amide bonds. The number of likely N-dealkylation sites (tertiary alicyclic amines) is 1. The van der Waals surface area contributed by atoms with Crippen LogP contribution in [0.1, 0.15) is 44.9 Å². The maximum Gasteiger partial charge on any atom is 0.193 e. The van der Waals surface area contributed by atoms with Gasteiger partial charge in [-0.3, -0.25) is 4.99 Å². The van der Waals surface area contributed by atoms with E-state index in [0.717, 1.165) is 45.2 Å². The zero-order valence-electron chi connectivity index (χ0n) is 14.4. The number of nitrogens with zero attached hydrogens (tertiary/aromatic N) is 2. The summed E-state index contributed by atoms with van der Waals surface area (Å²) in [4.78, 5) is 6.90. The van der Waals surface area contributed by atoms with E-state index in [1.54, 1.807) is 0 Å². The number of hydrogen-bond donors (Lipinski definition) is 2. The normalized spacial score (nSPS) is 30.0. The van der Waals surface area contributed by atoms with Crippen molar-refractivity contribution in [1.29, 1.82) is 0 Å². The van der Waals surface area contributed by atoms with Crippen molar-refractivity contribution < 1.29 is 9.84 Å². The molecule has 0 bridgehead atoms. The molecule has 1 spiro atoms. The summed E-state index contributed by atoms with van der Waals surface area (Å²) < 4.78 is 5.62. The molecule has 1 aliphatic carbocycles. The van der Waals surface area contributed by atoms with Gasteiger partial charge in [0.2, 0.25) is 0 Å². The van der Waals surface area contributed by atoms with Gasteiger partial charge in [0.15, 0.2) is 5.96 Å². The molecule has 3 fully saturated rings. The molecule has 1 atom stereocenters. The van der Waals surface area contributed by atoms with Crippen LogP contribution in [0.15, 0.2) is 4.99 Å². The van der Waals surface area contributed by atoms with Crippen molar-refractivity contribution in [3.05, 3.63) is 0 Å². The van der Waals surface area contributed by atoms with Gasteiger partial charge < -0.3 is 20.1 Å². The molecule has 23 heavy (non-hydrogen) atoms. The number of halogens is 1. The highest BCUT2D eigenvalue weighted by Gasteiger charge is 2.42. The number of nitrogens with one attached hydrogen (secondary N) is 1. The summed E-state index contributed by atoms with van der Waals surface area (Å²) in [6.45, 7) is 5.22. The van der Waals surface area contributed by atoms with Gasteiger partial charge in [-0.1, -0.05) is 12.8 Å². The number of hydrogen-bond acceptors (Lipinski definition) is 3. The van der Waals surface area contributed by atoms with Gasteiger partial charge in [0.05, 0.1) is 6.61 Å². The summed E-state index contributed by atoms with van der Waals surface area (Å²) in [5, 5.41) is 13.0. The zero-order valence-corrected chi connectivity index (χ0v) is 16.7. The third-order valence-corrected chi connectivity index (χ3v) is 6.06. The Labute approximate surface area is 157 Å². The van der Waals surface area contributed by atoms with Gasteiger partial charge in [-0.2, -0.15) is 0 Å². The lowest BCUT2D eigenvalue weighted by atomic mass is 9.83. The van der Waals surface area contributed by atoms with Gasteiger partial charge in [0.25, 0.3) is 0 Å². The van der Waals surface area contributed by atoms with Gasteiger partial charge in [0, 0.05) is 45.3 Å². The van der Waals surface area contributed by atoms with Crippen LogP contribution in [0.25, 0.3) is 0 Å². The first-order valence-corrected chi connectivity index (χ1v) is 8.85. The first kappa shape index (κ1) is 19.2. The number of rotatable bonds is 4. The molecule has 6 heteroatoms. The molecule has 2 aliphatic heterocycles. The van der Waals surface area contributed by atoms with Gasteiger partial charge in [-0.05, 0) is 37.5 Å². The monoisotopic (exact) mass is 437 g/mol. The molecule has 2 saturated heterocycles. The minimum absolute atomic E-state index is 0. The fourth-order valence-corrected chi connectivity index (χ4v) is 4.56. The van der Waals surface area contributed by atoms with Crippen molar-refractivity contribution in [3.63, 3.8) is 0 Å². The molecular formula is C17H32IN3O2. The Morgan fingerprint density at radius 2 is 2.04 bits per heavy atom. The first-order chi connectivity index (χ1) is 10.7. The highest BCUT2D eigenvalue weighted by molar-refractivity contribution is 14.0. The summed E-state index contributed by atoms with van der Waals surface area (Å²) in [6, 6.07) is 0. The van der Waals surface area contributed by atoms with E-state index in [4.69, 9.17) is 4.74 Å². The summed E-state index contributed by atoms with van der Waals surface area (Å²) in [7, 11) is 1.88. The second-order valence-electron chi connectivity index (χ2n) is 7.56. The van der Waals surface area contributed by atoms with Crippen LogP contribution >= 0.6 is 24.0 Å². The summed E-state index contributed by atoms with van der Waals surface area (Å²) in [5.74, 6) is 1.04. The Hall–Kier alpha value is -0.0800. The van der Waals surface area contributed by atoms with Crippen LogP contribution < -0.4 is 5.32 Å². The molecule has 0 radical (unpaired) electrons. The average molecular weight is 437 g/mol. The largest absolute Gasteiger partial charge is 0.396 e. The molecule has 5 nitrogen and oxygen atoms in total. The maximum atomic E-state index is 9.38. The van der Waals surface area contributed by atoms with Crippen molar-refractivity contribution in [3.8, 4) is 0 Å². The van der Waals surface area contributed by atoms with E-state index >= 15 is 0 Å². The first-order valence-electron chi connectivity index (χ1n) is 8.85. The molecule has 0 aromatic heterocycles. The lowest BCUT2D eigenvalue weighted by molar-refractivity contribution is 0.156. The lowest BCUT2D eigenvalue weighted by Crippen LogP contribution is -2.45. The summed E-state index contributed by atoms with van der Waals surface area (Å²) in [6.07, 6.45) is 8.37. The predicted molar refractivity (Wildman–Crippen MR) is 103 cm³/mol. The number of guanidine groups is 1. The smallest absolute Gasteiger partial charge is 0.193 e. The predicted octanol–water partition coefficient (Wildman–Crippen LogP) is 2.23. The Balaban J connectivity index is 0.00000192. The second-order valence-corrected chi connectivity index (χ2v) is 7.56. The van der Waals surface area contributed by atoms with Crippen LogP contribution in [0.4, 0.5) is 0 Å². The molecule has 134 valence electrons. The van der Waals surface area contributed by atoms with Crippen molar-refractivity contribution in [1.82, 2.24) is 10.2 Å². The molecule has 0 aromatic rings. The quantitative estimate of drug-likeness (QED) is 0.403. The van der Waals surface area contributed by atoms with E-state index in [0.29, 0.717) is 12.0 Å². The van der Waals surface area contributed by atoms with E-state index in [2.05, 4.69) is 15.2 Å². The molecule has 2 N–H and O–H groups in total. The minimum atomic E-state index is 0. The Kier molecular flexibility index (Phi) is 6.98. The highest BCUT2D eigenvalue weighted by atomic mass is 127. The van der Waals surface area contributed by atoms with Crippen molar-refractivity contribution in [2.24, 2.45) is 15.8 Å². The third kappa shape index (κ3) is 4.31. The van der Waals surface area contributed by atoms with E-state index in [-0.39, 0.29) is 29.4 Å². The Bertz CT molecular complexity index is 405. The molecule has 3 rings (SSSR count). The van der Waals surface area contributed by atoms with Crippen LogP contribution in [0, 0.1) is 10.8 Å². The summed E-state index contributed by atoms with van der Waals surface area (Å²) in [5.41, 5.74) is 0.645. The Morgan fingerprint density at radius 3 is 2.65 bits per heavy atom. The third-order valence-electron chi connectivity index (χ3n) is 6.06. The fraction of sp³-hybridized carbons (Fsp3) is 0.941.